The van der Waals surface area contributed by atoms with E-state index < -0.39 is 0 Å². The van der Waals surface area contributed by atoms with Crippen LogP contribution in [0.3, 0.4) is 0 Å². The van der Waals surface area contributed by atoms with E-state index in [0.29, 0.717) is 12.6 Å². The van der Waals surface area contributed by atoms with Crippen LogP contribution in [0.15, 0.2) is 30.3 Å². The van der Waals surface area contributed by atoms with E-state index in [1.807, 2.05) is 4.68 Å². The summed E-state index contributed by atoms with van der Waals surface area (Å²) in [5.74, 6) is 0. The Kier molecular flexibility index (Phi) is 5.53. The average Bonchev–Trinajstić information content (AvgIpc) is 2.88. The minimum atomic E-state index is 0.128. The number of para-hydroxylation sites is 1. The minimum absolute atomic E-state index is 0.128. The Morgan fingerprint density at radius 3 is 2.79 bits per heavy atom. The first-order valence-electron chi connectivity index (χ1n) is 8.86. The lowest BCUT2D eigenvalue weighted by Gasteiger charge is -2.35. The molecule has 1 atom stereocenters. The maximum Gasteiger partial charge on any atom is 0.0644 e. The van der Waals surface area contributed by atoms with Crippen molar-refractivity contribution in [2.75, 3.05) is 24.6 Å². The van der Waals surface area contributed by atoms with E-state index in [2.05, 4.69) is 59.5 Å². The summed E-state index contributed by atoms with van der Waals surface area (Å²) in [4.78, 5) is 2.47. The van der Waals surface area contributed by atoms with Crippen LogP contribution in [0.4, 0.5) is 5.69 Å². The lowest BCUT2D eigenvalue weighted by Crippen LogP contribution is -2.45. The molecular weight excluding hydrogens is 300 g/mol. The molecule has 0 spiro atoms. The quantitative estimate of drug-likeness (QED) is 0.854. The lowest BCUT2D eigenvalue weighted by molar-refractivity contribution is 0.267. The minimum Gasteiger partial charge on any atom is -0.394 e. The highest BCUT2D eigenvalue weighted by atomic mass is 16.3. The smallest absolute Gasteiger partial charge is 0.0644 e. The maximum atomic E-state index is 9.13. The molecule has 0 amide bonds. The highest BCUT2D eigenvalue weighted by Crippen LogP contribution is 2.20. The molecule has 0 aliphatic carbocycles. The molecule has 0 saturated carbocycles. The second-order valence-corrected chi connectivity index (χ2v) is 6.60. The number of piperidine rings is 1. The zero-order chi connectivity index (χ0) is 16.9. The van der Waals surface area contributed by atoms with Crippen LogP contribution in [0.1, 0.15) is 29.8 Å². The van der Waals surface area contributed by atoms with Crippen LogP contribution in [0.5, 0.6) is 0 Å². The van der Waals surface area contributed by atoms with E-state index in [4.69, 9.17) is 5.11 Å². The van der Waals surface area contributed by atoms with Gasteiger partial charge in [-0.1, -0.05) is 18.2 Å². The molecule has 0 bridgehead atoms. The molecule has 130 valence electrons. The Morgan fingerprint density at radius 2 is 2.04 bits per heavy atom. The summed E-state index contributed by atoms with van der Waals surface area (Å²) in [6, 6.07) is 11.2. The molecule has 24 heavy (non-hydrogen) atoms. The number of hydrogen-bond acceptors (Lipinski definition) is 4. The van der Waals surface area contributed by atoms with Gasteiger partial charge in [0.25, 0.3) is 0 Å². The summed E-state index contributed by atoms with van der Waals surface area (Å²) in [5.41, 5.74) is 4.79. The summed E-state index contributed by atoms with van der Waals surface area (Å²) in [5, 5.41) is 17.4. The van der Waals surface area contributed by atoms with Gasteiger partial charge in [0.15, 0.2) is 0 Å². The van der Waals surface area contributed by atoms with Gasteiger partial charge in [0.05, 0.1) is 18.8 Å². The number of nitrogens with zero attached hydrogens (tertiary/aromatic N) is 3. The molecule has 3 rings (SSSR count). The topological polar surface area (TPSA) is 53.3 Å². The Labute approximate surface area is 144 Å². The predicted octanol–water partition coefficient (Wildman–Crippen LogP) is 2.25. The van der Waals surface area contributed by atoms with Crippen molar-refractivity contribution in [3.63, 3.8) is 0 Å². The molecule has 1 unspecified atom stereocenters. The van der Waals surface area contributed by atoms with Crippen LogP contribution in [0.25, 0.3) is 0 Å². The molecule has 2 N–H and O–H groups in total. The van der Waals surface area contributed by atoms with Crippen LogP contribution in [0, 0.1) is 13.8 Å². The third kappa shape index (κ3) is 3.79. The van der Waals surface area contributed by atoms with E-state index in [1.165, 1.54) is 24.1 Å². The third-order valence-electron chi connectivity index (χ3n) is 4.95. The number of aliphatic hydroxyl groups excluding tert-OH is 1. The second-order valence-electron chi connectivity index (χ2n) is 6.60. The van der Waals surface area contributed by atoms with Crippen molar-refractivity contribution in [2.45, 2.75) is 45.8 Å². The van der Waals surface area contributed by atoms with Crippen molar-refractivity contribution < 1.29 is 5.11 Å². The van der Waals surface area contributed by atoms with Crippen molar-refractivity contribution >= 4 is 5.69 Å². The van der Waals surface area contributed by atoms with Crippen molar-refractivity contribution in [3.05, 3.63) is 47.3 Å². The summed E-state index contributed by atoms with van der Waals surface area (Å²) in [6.07, 6.45) is 2.43. The fourth-order valence-electron chi connectivity index (χ4n) is 3.57. The molecule has 1 aromatic carbocycles. The molecule has 5 heteroatoms. The van der Waals surface area contributed by atoms with Crippen LogP contribution in [-0.2, 0) is 13.1 Å². The van der Waals surface area contributed by atoms with Crippen molar-refractivity contribution in [2.24, 2.45) is 0 Å². The summed E-state index contributed by atoms with van der Waals surface area (Å²) in [7, 11) is 0. The van der Waals surface area contributed by atoms with Gasteiger partial charge in [0.2, 0.25) is 0 Å². The number of aliphatic hydroxyl groups is 1. The largest absolute Gasteiger partial charge is 0.394 e. The van der Waals surface area contributed by atoms with Gasteiger partial charge < -0.3 is 15.3 Å². The van der Waals surface area contributed by atoms with E-state index in [0.717, 1.165) is 31.0 Å². The highest BCUT2D eigenvalue weighted by Gasteiger charge is 2.20. The van der Waals surface area contributed by atoms with E-state index in [9.17, 15) is 0 Å². The van der Waals surface area contributed by atoms with Crippen molar-refractivity contribution in [1.82, 2.24) is 15.1 Å². The maximum absolute atomic E-state index is 9.13. The highest BCUT2D eigenvalue weighted by molar-refractivity contribution is 5.46. The molecule has 0 radical (unpaired) electrons. The van der Waals surface area contributed by atoms with Gasteiger partial charge in [0.1, 0.15) is 0 Å². The summed E-state index contributed by atoms with van der Waals surface area (Å²) >= 11 is 0. The van der Waals surface area contributed by atoms with Gasteiger partial charge in [-0.3, -0.25) is 4.68 Å². The Morgan fingerprint density at radius 1 is 1.25 bits per heavy atom. The first-order chi connectivity index (χ1) is 11.7. The molecule has 1 aliphatic rings. The van der Waals surface area contributed by atoms with Gasteiger partial charge in [0, 0.05) is 42.6 Å². The second kappa shape index (κ2) is 7.81. The van der Waals surface area contributed by atoms with E-state index in [-0.39, 0.29) is 6.61 Å². The molecule has 1 fully saturated rings. The van der Waals surface area contributed by atoms with Crippen molar-refractivity contribution in [3.8, 4) is 0 Å². The van der Waals surface area contributed by atoms with Gasteiger partial charge in [-0.15, -0.1) is 0 Å². The monoisotopic (exact) mass is 328 g/mol. The normalized spacial score (nSPS) is 18.1. The van der Waals surface area contributed by atoms with Crippen LogP contribution in [-0.4, -0.2) is 40.6 Å². The SMILES string of the molecule is Cc1nn(CCO)c(C)c1CNC1CCCN(c2ccccc2)C1. The average molecular weight is 328 g/mol. The number of benzene rings is 1. The number of aromatic nitrogens is 2. The zero-order valence-electron chi connectivity index (χ0n) is 14.7. The number of rotatable bonds is 6. The van der Waals surface area contributed by atoms with Crippen LogP contribution in [0.2, 0.25) is 0 Å². The van der Waals surface area contributed by atoms with Crippen LogP contribution >= 0.6 is 0 Å². The lowest BCUT2D eigenvalue weighted by atomic mass is 10.0. The molecule has 2 aromatic rings. The van der Waals surface area contributed by atoms with Gasteiger partial charge >= 0.3 is 0 Å². The summed E-state index contributed by atoms with van der Waals surface area (Å²) < 4.78 is 1.91. The van der Waals surface area contributed by atoms with E-state index >= 15 is 0 Å². The van der Waals surface area contributed by atoms with Crippen LogP contribution < -0.4 is 10.2 Å². The fourth-order valence-corrected chi connectivity index (χ4v) is 3.57. The number of nitrogens with one attached hydrogen (secondary N) is 1. The predicted molar refractivity (Wildman–Crippen MR) is 97.3 cm³/mol. The molecule has 2 heterocycles. The number of anilines is 1. The van der Waals surface area contributed by atoms with Crippen molar-refractivity contribution in [1.29, 1.82) is 0 Å². The molecule has 1 aliphatic heterocycles. The Hall–Kier alpha value is -1.85. The fraction of sp³-hybridized carbons (Fsp3) is 0.526. The first kappa shape index (κ1) is 17.0. The third-order valence-corrected chi connectivity index (χ3v) is 4.95. The summed E-state index contributed by atoms with van der Waals surface area (Å²) in [6.45, 7) is 7.86. The van der Waals surface area contributed by atoms with E-state index in [1.54, 1.807) is 0 Å². The van der Waals surface area contributed by atoms with Gasteiger partial charge in [-0.2, -0.15) is 5.10 Å². The van der Waals surface area contributed by atoms with Gasteiger partial charge in [-0.05, 0) is 38.8 Å². The molecule has 1 saturated heterocycles. The first-order valence-corrected chi connectivity index (χ1v) is 8.86. The standard InChI is InChI=1S/C19H28N4O/c1-15-19(16(2)23(21-15)11-12-24)13-20-17-7-6-10-22(14-17)18-8-4-3-5-9-18/h3-5,8-9,17,20,24H,6-7,10-14H2,1-2H3. The molecule has 5 nitrogen and oxygen atoms in total. The molecule has 1 aromatic heterocycles. The van der Waals surface area contributed by atoms with Gasteiger partial charge in [-0.25, -0.2) is 0 Å². The number of aryl methyl sites for hydroxylation is 1. The number of hydrogen-bond donors (Lipinski definition) is 2. The Bertz CT molecular complexity index is 653. The Balaban J connectivity index is 1.61. The zero-order valence-corrected chi connectivity index (χ0v) is 14.7. The molecular formula is C19H28N4O.